The van der Waals surface area contributed by atoms with E-state index in [0.29, 0.717) is 11.6 Å². The van der Waals surface area contributed by atoms with Gasteiger partial charge in [-0.15, -0.1) is 48.2 Å². The number of halogens is 1. The second kappa shape index (κ2) is 13.0. The molecule has 1 aliphatic heterocycles. The van der Waals surface area contributed by atoms with Gasteiger partial charge in [0.05, 0.1) is 15.1 Å². The Morgan fingerprint density at radius 2 is 1.78 bits per heavy atom. The van der Waals surface area contributed by atoms with Gasteiger partial charge in [-0.1, -0.05) is 24.3 Å². The predicted molar refractivity (Wildman–Crippen MR) is 173 cm³/mol. The number of hydrogen-bond donors (Lipinski definition) is 1. The topological polar surface area (TPSA) is 82.6 Å². The van der Waals surface area contributed by atoms with Gasteiger partial charge in [0.15, 0.2) is 0 Å². The SMILES string of the molecule is C=CCN(CC=C)S(=O)(=O)c1ccc(C(=O)Nc2sc3c(c2-c2nc4ccccc4s2)CCN(C(C)C)C3)cc1.Cl. The molecule has 1 amide bonds. The molecule has 0 saturated carbocycles. The van der Waals surface area contributed by atoms with Crippen LogP contribution in [0.5, 0.6) is 0 Å². The second-order valence-electron chi connectivity index (χ2n) is 9.89. The lowest BCUT2D eigenvalue weighted by molar-refractivity contribution is 0.102. The normalized spacial score (nSPS) is 13.7. The molecule has 2 aromatic carbocycles. The number of amides is 1. The number of carbonyl (C=O) groups excluding carboxylic acids is 1. The van der Waals surface area contributed by atoms with Gasteiger partial charge in [0.2, 0.25) is 10.0 Å². The molecule has 0 aliphatic carbocycles. The van der Waals surface area contributed by atoms with Crippen molar-refractivity contribution in [2.75, 3.05) is 25.0 Å². The number of nitrogens with zero attached hydrogens (tertiary/aromatic N) is 3. The number of benzene rings is 2. The molecule has 0 spiro atoms. The number of nitrogens with one attached hydrogen (secondary N) is 1. The van der Waals surface area contributed by atoms with Crippen molar-refractivity contribution in [2.45, 2.75) is 37.8 Å². The average Bonchev–Trinajstić information content (AvgIpc) is 3.53. The molecule has 216 valence electrons. The molecular weight excluding hydrogens is 596 g/mol. The van der Waals surface area contributed by atoms with Crippen molar-refractivity contribution in [1.29, 1.82) is 0 Å². The van der Waals surface area contributed by atoms with Gasteiger partial charge >= 0.3 is 0 Å². The van der Waals surface area contributed by atoms with Gasteiger partial charge in [-0.3, -0.25) is 9.69 Å². The molecule has 0 saturated heterocycles. The van der Waals surface area contributed by atoms with Crippen LogP contribution in [0.25, 0.3) is 20.8 Å². The molecule has 1 aliphatic rings. The molecule has 0 atom stereocenters. The van der Waals surface area contributed by atoms with E-state index in [-0.39, 0.29) is 36.3 Å². The third-order valence-corrected chi connectivity index (χ3v) is 11.0. The van der Waals surface area contributed by atoms with Crippen LogP contribution in [0.4, 0.5) is 5.00 Å². The largest absolute Gasteiger partial charge is 0.313 e. The Morgan fingerprint density at radius 3 is 2.41 bits per heavy atom. The third kappa shape index (κ3) is 6.33. The van der Waals surface area contributed by atoms with Gasteiger partial charge in [0.25, 0.3) is 5.91 Å². The van der Waals surface area contributed by atoms with Crippen LogP contribution in [0, 0.1) is 0 Å². The first-order chi connectivity index (χ1) is 19.2. The van der Waals surface area contributed by atoms with Crippen LogP contribution in [-0.2, 0) is 23.0 Å². The maximum absolute atomic E-state index is 13.4. The standard InChI is InChI=1S/C30H32N4O3S3.ClH/c1-5-16-34(17-6-2)40(36,37)22-13-11-21(12-14-22)28(35)32-30-27(29-31-24-9-7-8-10-25(24)38-29)23-15-18-33(20(3)4)19-26(23)39-30;/h5-14,20H,1-2,15-19H2,3-4H3,(H,32,35);1H. The van der Waals surface area contributed by atoms with Crippen molar-refractivity contribution in [2.24, 2.45) is 0 Å². The molecular formula is C30H33ClN4O3S3. The van der Waals surface area contributed by atoms with Crippen LogP contribution in [0.1, 0.15) is 34.6 Å². The fourth-order valence-corrected chi connectivity index (χ4v) is 8.58. The lowest BCUT2D eigenvalue weighted by Gasteiger charge is -2.30. The van der Waals surface area contributed by atoms with Gasteiger partial charge in [0, 0.05) is 48.2 Å². The van der Waals surface area contributed by atoms with Gasteiger partial charge in [-0.2, -0.15) is 4.31 Å². The highest BCUT2D eigenvalue weighted by Gasteiger charge is 2.29. The van der Waals surface area contributed by atoms with Crippen molar-refractivity contribution in [3.8, 4) is 10.6 Å². The number of thiophene rings is 1. The Labute approximate surface area is 255 Å². The van der Waals surface area contributed by atoms with Crippen LogP contribution >= 0.6 is 35.1 Å². The maximum atomic E-state index is 13.4. The highest BCUT2D eigenvalue weighted by molar-refractivity contribution is 7.89. The highest BCUT2D eigenvalue weighted by atomic mass is 35.5. The Hall–Kier alpha value is -2.86. The summed E-state index contributed by atoms with van der Waals surface area (Å²) in [6, 6.07) is 14.5. The third-order valence-electron chi connectivity index (χ3n) is 6.97. The number of sulfonamides is 1. The van der Waals surface area contributed by atoms with Crippen molar-refractivity contribution in [3.05, 3.63) is 89.8 Å². The summed E-state index contributed by atoms with van der Waals surface area (Å²) < 4.78 is 28.5. The molecule has 7 nitrogen and oxygen atoms in total. The smallest absolute Gasteiger partial charge is 0.256 e. The molecule has 2 aromatic heterocycles. The van der Waals surface area contributed by atoms with Crippen LogP contribution in [0.15, 0.2) is 78.7 Å². The van der Waals surface area contributed by atoms with E-state index in [1.165, 1.54) is 39.0 Å². The molecule has 0 bridgehead atoms. The first-order valence-electron chi connectivity index (χ1n) is 13.1. The first kappa shape index (κ1) is 31.1. The zero-order valence-corrected chi connectivity index (χ0v) is 26.3. The zero-order chi connectivity index (χ0) is 28.4. The van der Waals surface area contributed by atoms with E-state index in [2.05, 4.69) is 43.3 Å². The van der Waals surface area contributed by atoms with Crippen molar-refractivity contribution in [3.63, 3.8) is 0 Å². The summed E-state index contributed by atoms with van der Waals surface area (Å²) in [6.07, 6.45) is 3.96. The fraction of sp³-hybridized carbons (Fsp3) is 0.267. The minimum Gasteiger partial charge on any atom is -0.313 e. The molecule has 11 heteroatoms. The predicted octanol–water partition coefficient (Wildman–Crippen LogP) is 6.83. The molecule has 3 heterocycles. The summed E-state index contributed by atoms with van der Waals surface area (Å²) in [4.78, 5) is 22.2. The van der Waals surface area contributed by atoms with Gasteiger partial charge in [-0.25, -0.2) is 13.4 Å². The number of hydrogen-bond acceptors (Lipinski definition) is 7. The lowest BCUT2D eigenvalue weighted by Crippen LogP contribution is -2.35. The van der Waals surface area contributed by atoms with E-state index in [1.54, 1.807) is 34.8 Å². The number of rotatable bonds is 10. The minimum absolute atomic E-state index is 0. The Balaban J connectivity index is 0.00000387. The van der Waals surface area contributed by atoms with E-state index in [4.69, 9.17) is 4.98 Å². The number of para-hydroxylation sites is 1. The van der Waals surface area contributed by atoms with E-state index in [1.807, 2.05) is 18.2 Å². The van der Waals surface area contributed by atoms with Gasteiger partial charge < -0.3 is 5.32 Å². The van der Waals surface area contributed by atoms with Gasteiger partial charge in [-0.05, 0) is 62.2 Å². The number of aromatic nitrogens is 1. The number of fused-ring (bicyclic) bond motifs is 2. The summed E-state index contributed by atoms with van der Waals surface area (Å²) in [7, 11) is -3.75. The molecule has 41 heavy (non-hydrogen) atoms. The quantitative estimate of drug-likeness (QED) is 0.195. The van der Waals surface area contributed by atoms with E-state index < -0.39 is 10.0 Å². The molecule has 5 rings (SSSR count). The van der Waals surface area contributed by atoms with E-state index in [9.17, 15) is 13.2 Å². The van der Waals surface area contributed by atoms with Crippen molar-refractivity contribution >= 4 is 66.2 Å². The molecule has 1 N–H and O–H groups in total. The Bertz CT molecular complexity index is 1630. The zero-order valence-electron chi connectivity index (χ0n) is 23.0. The molecule has 0 radical (unpaired) electrons. The van der Waals surface area contributed by atoms with Crippen molar-refractivity contribution in [1.82, 2.24) is 14.2 Å². The Morgan fingerprint density at radius 1 is 1.10 bits per heavy atom. The van der Waals surface area contributed by atoms with Crippen LogP contribution in [0.2, 0.25) is 0 Å². The average molecular weight is 629 g/mol. The first-order valence-corrected chi connectivity index (χ1v) is 16.2. The van der Waals surface area contributed by atoms with Crippen LogP contribution in [0.3, 0.4) is 0 Å². The molecule has 0 fully saturated rings. The van der Waals surface area contributed by atoms with Gasteiger partial charge in [0.1, 0.15) is 10.0 Å². The number of carbonyl (C=O) groups is 1. The van der Waals surface area contributed by atoms with Crippen LogP contribution < -0.4 is 5.32 Å². The van der Waals surface area contributed by atoms with Crippen molar-refractivity contribution < 1.29 is 13.2 Å². The highest BCUT2D eigenvalue weighted by Crippen LogP contribution is 2.46. The lowest BCUT2D eigenvalue weighted by atomic mass is 10.0. The second-order valence-corrected chi connectivity index (χ2v) is 14.0. The summed E-state index contributed by atoms with van der Waals surface area (Å²) in [5.41, 5.74) is 3.57. The van der Waals surface area contributed by atoms with Crippen LogP contribution in [-0.4, -0.2) is 54.2 Å². The van der Waals surface area contributed by atoms with E-state index >= 15 is 0 Å². The Kier molecular flexibility index (Phi) is 9.84. The van der Waals surface area contributed by atoms with E-state index in [0.717, 1.165) is 45.3 Å². The molecule has 0 unspecified atom stereocenters. The summed E-state index contributed by atoms with van der Waals surface area (Å²) in [6.45, 7) is 13.8. The number of anilines is 1. The monoisotopic (exact) mass is 628 g/mol. The number of thiazole rings is 1. The summed E-state index contributed by atoms with van der Waals surface area (Å²) >= 11 is 3.24. The fourth-order valence-electron chi connectivity index (χ4n) is 4.82. The summed E-state index contributed by atoms with van der Waals surface area (Å²) in [5.74, 6) is -0.292. The summed E-state index contributed by atoms with van der Waals surface area (Å²) in [5, 5.41) is 4.81. The minimum atomic E-state index is -3.75. The molecule has 4 aromatic rings. The maximum Gasteiger partial charge on any atom is 0.256 e.